The van der Waals surface area contributed by atoms with E-state index in [4.69, 9.17) is 9.47 Å². The number of hydrogen-bond acceptors (Lipinski definition) is 4. The van der Waals surface area contributed by atoms with Crippen molar-refractivity contribution in [3.8, 4) is 0 Å². The first-order valence-corrected chi connectivity index (χ1v) is 9.00. The second-order valence-corrected chi connectivity index (χ2v) is 8.42. The standard InChI is InChI=1S/C20H22O4/c1-19-6-3-7-20(2)17(19)15(24-18(20)22)9-12-8-14-11(4-5-13(12)19)10-16(21)23-14/h8,10,15,17H,3-7,9H2,1-2H3/t15-,17-,19-,20+/m1/s1. The molecule has 0 unspecified atom stereocenters. The van der Waals surface area contributed by atoms with Crippen LogP contribution in [-0.4, -0.2) is 18.0 Å². The molecular formula is C20H22O4. The lowest BCUT2D eigenvalue weighted by molar-refractivity contribution is -0.148. The maximum absolute atomic E-state index is 12.6. The monoisotopic (exact) mass is 326 g/mol. The van der Waals surface area contributed by atoms with E-state index in [-0.39, 0.29) is 34.8 Å². The van der Waals surface area contributed by atoms with Crippen LogP contribution in [0.3, 0.4) is 0 Å². The largest absolute Gasteiger partial charge is 0.461 e. The van der Waals surface area contributed by atoms with Crippen LogP contribution >= 0.6 is 0 Å². The van der Waals surface area contributed by atoms with Crippen molar-refractivity contribution in [3.05, 3.63) is 34.6 Å². The number of carbonyl (C=O) groups is 2. The van der Waals surface area contributed by atoms with Gasteiger partial charge in [-0.15, -0.1) is 0 Å². The molecule has 126 valence electrons. The van der Waals surface area contributed by atoms with Crippen LogP contribution in [0.1, 0.15) is 52.4 Å². The molecule has 4 nitrogen and oxygen atoms in total. The molecule has 0 radical (unpaired) electrons. The van der Waals surface area contributed by atoms with Gasteiger partial charge in [0.1, 0.15) is 11.9 Å². The molecule has 0 N–H and O–H groups in total. The SMILES string of the molecule is C[C@@]12CCC[C@]3(C)C4=C(C=C5OC(=O)C=C5CC4)C[C@@H](OC1=O)[C@@H]23. The first kappa shape index (κ1) is 14.5. The van der Waals surface area contributed by atoms with Crippen LogP contribution in [0, 0.1) is 16.7 Å². The minimum Gasteiger partial charge on any atom is -0.461 e. The third-order valence-electron chi connectivity index (χ3n) is 7.13. The van der Waals surface area contributed by atoms with Crippen molar-refractivity contribution < 1.29 is 19.1 Å². The lowest BCUT2D eigenvalue weighted by Crippen LogP contribution is -2.49. The zero-order valence-corrected chi connectivity index (χ0v) is 14.2. The van der Waals surface area contributed by atoms with E-state index in [0.29, 0.717) is 5.76 Å². The molecule has 4 heteroatoms. The van der Waals surface area contributed by atoms with Gasteiger partial charge in [-0.3, -0.25) is 4.79 Å². The van der Waals surface area contributed by atoms with Gasteiger partial charge in [0.2, 0.25) is 0 Å². The molecule has 2 fully saturated rings. The first-order chi connectivity index (χ1) is 11.4. The van der Waals surface area contributed by atoms with Crippen LogP contribution in [0.4, 0.5) is 0 Å². The van der Waals surface area contributed by atoms with Gasteiger partial charge in [0.05, 0.1) is 5.41 Å². The van der Waals surface area contributed by atoms with Crippen LogP contribution in [0.5, 0.6) is 0 Å². The molecule has 5 rings (SSSR count). The van der Waals surface area contributed by atoms with E-state index >= 15 is 0 Å². The number of allylic oxidation sites excluding steroid dienone is 3. The number of esters is 2. The van der Waals surface area contributed by atoms with Crippen LogP contribution in [0.25, 0.3) is 0 Å². The fourth-order valence-corrected chi connectivity index (χ4v) is 6.18. The van der Waals surface area contributed by atoms with Gasteiger partial charge in [-0.2, -0.15) is 0 Å². The maximum atomic E-state index is 12.6. The molecule has 2 heterocycles. The molecule has 24 heavy (non-hydrogen) atoms. The topological polar surface area (TPSA) is 52.6 Å². The summed E-state index contributed by atoms with van der Waals surface area (Å²) < 4.78 is 11.2. The average Bonchev–Trinajstić information content (AvgIpc) is 2.91. The van der Waals surface area contributed by atoms with Gasteiger partial charge < -0.3 is 9.47 Å². The summed E-state index contributed by atoms with van der Waals surface area (Å²) in [6, 6.07) is 0. The van der Waals surface area contributed by atoms with E-state index < -0.39 is 0 Å². The maximum Gasteiger partial charge on any atom is 0.336 e. The number of rotatable bonds is 0. The van der Waals surface area contributed by atoms with Crippen molar-refractivity contribution in [3.63, 3.8) is 0 Å². The molecule has 4 atom stereocenters. The van der Waals surface area contributed by atoms with Crippen molar-refractivity contribution in [2.45, 2.75) is 58.5 Å². The van der Waals surface area contributed by atoms with Crippen molar-refractivity contribution in [2.24, 2.45) is 16.7 Å². The molecule has 1 saturated carbocycles. The van der Waals surface area contributed by atoms with Crippen LogP contribution in [-0.2, 0) is 19.1 Å². The van der Waals surface area contributed by atoms with Gasteiger partial charge in [0.15, 0.2) is 0 Å². The molecule has 2 aliphatic heterocycles. The van der Waals surface area contributed by atoms with E-state index in [1.807, 2.05) is 6.08 Å². The predicted octanol–water partition coefficient (Wildman–Crippen LogP) is 3.59. The van der Waals surface area contributed by atoms with E-state index in [1.165, 1.54) is 11.1 Å². The number of fused-ring (bicyclic) bond motifs is 2. The highest BCUT2D eigenvalue weighted by Gasteiger charge is 2.64. The minimum absolute atomic E-state index is 0.0116. The number of ether oxygens (including phenoxy) is 2. The summed E-state index contributed by atoms with van der Waals surface area (Å²) in [5.41, 5.74) is 3.38. The van der Waals surface area contributed by atoms with Gasteiger partial charge in [0.25, 0.3) is 0 Å². The molecule has 3 aliphatic carbocycles. The molecule has 0 spiro atoms. The summed E-state index contributed by atoms with van der Waals surface area (Å²) >= 11 is 0. The van der Waals surface area contributed by atoms with Gasteiger partial charge >= 0.3 is 11.9 Å². The second-order valence-electron chi connectivity index (χ2n) is 8.42. The number of hydrogen-bond donors (Lipinski definition) is 0. The summed E-state index contributed by atoms with van der Waals surface area (Å²) in [5, 5.41) is 0. The Morgan fingerprint density at radius 1 is 1.08 bits per heavy atom. The Balaban J connectivity index is 1.65. The Hall–Kier alpha value is -1.84. The van der Waals surface area contributed by atoms with Gasteiger partial charge in [-0.05, 0) is 49.7 Å². The second kappa shape index (κ2) is 4.41. The fraction of sp³-hybridized carbons (Fsp3) is 0.600. The molecule has 1 saturated heterocycles. The van der Waals surface area contributed by atoms with Crippen molar-refractivity contribution >= 4 is 11.9 Å². The quantitative estimate of drug-likeness (QED) is 0.638. The molecule has 5 aliphatic rings. The zero-order valence-electron chi connectivity index (χ0n) is 14.2. The average molecular weight is 326 g/mol. The van der Waals surface area contributed by atoms with Crippen molar-refractivity contribution in [2.75, 3.05) is 0 Å². The van der Waals surface area contributed by atoms with Crippen LogP contribution in [0.15, 0.2) is 34.6 Å². The minimum atomic E-state index is -0.336. The van der Waals surface area contributed by atoms with E-state index in [0.717, 1.165) is 44.1 Å². The van der Waals surface area contributed by atoms with Gasteiger partial charge in [-0.25, -0.2) is 4.79 Å². The summed E-state index contributed by atoms with van der Waals surface area (Å²) in [7, 11) is 0. The van der Waals surface area contributed by atoms with E-state index in [9.17, 15) is 9.59 Å². The fourth-order valence-electron chi connectivity index (χ4n) is 6.18. The van der Waals surface area contributed by atoms with E-state index in [2.05, 4.69) is 13.8 Å². The highest BCUT2D eigenvalue weighted by Crippen LogP contribution is 2.65. The smallest absolute Gasteiger partial charge is 0.336 e. The Labute approximate surface area is 141 Å². The summed E-state index contributed by atoms with van der Waals surface area (Å²) in [6.45, 7) is 4.44. The van der Waals surface area contributed by atoms with E-state index in [1.54, 1.807) is 6.08 Å². The third-order valence-corrected chi connectivity index (χ3v) is 7.13. The highest BCUT2D eigenvalue weighted by molar-refractivity contribution is 5.88. The Bertz CT molecular complexity index is 771. The molecule has 0 amide bonds. The zero-order chi connectivity index (χ0) is 16.7. The summed E-state index contributed by atoms with van der Waals surface area (Å²) in [4.78, 5) is 24.1. The van der Waals surface area contributed by atoms with Crippen LogP contribution < -0.4 is 0 Å². The molecule has 0 aromatic carbocycles. The lowest BCUT2D eigenvalue weighted by Gasteiger charge is -2.52. The van der Waals surface area contributed by atoms with Crippen LogP contribution in [0.2, 0.25) is 0 Å². The van der Waals surface area contributed by atoms with Crippen molar-refractivity contribution in [1.82, 2.24) is 0 Å². The predicted molar refractivity (Wildman–Crippen MR) is 86.6 cm³/mol. The Morgan fingerprint density at radius 3 is 2.71 bits per heavy atom. The lowest BCUT2D eigenvalue weighted by atomic mass is 9.49. The first-order valence-electron chi connectivity index (χ1n) is 9.00. The molecule has 0 aromatic rings. The Morgan fingerprint density at radius 2 is 1.88 bits per heavy atom. The molecule has 0 aromatic heterocycles. The van der Waals surface area contributed by atoms with Crippen molar-refractivity contribution in [1.29, 1.82) is 0 Å². The molecule has 0 bridgehead atoms. The normalized spacial score (nSPS) is 43.1. The third kappa shape index (κ3) is 1.64. The van der Waals surface area contributed by atoms with Gasteiger partial charge in [0, 0.05) is 24.0 Å². The molecular weight excluding hydrogens is 304 g/mol. The van der Waals surface area contributed by atoms with Gasteiger partial charge in [-0.1, -0.05) is 18.9 Å². The highest BCUT2D eigenvalue weighted by atomic mass is 16.6. The Kier molecular flexibility index (Phi) is 2.66. The summed E-state index contributed by atoms with van der Waals surface area (Å²) in [5.74, 6) is 0.701. The number of carbonyl (C=O) groups excluding carboxylic acids is 2. The summed E-state index contributed by atoms with van der Waals surface area (Å²) in [6.07, 6.45) is 9.29.